The fourth-order valence-electron chi connectivity index (χ4n) is 0.601. The van der Waals surface area contributed by atoms with Crippen molar-refractivity contribution in [3.8, 4) is 5.88 Å². The third-order valence-corrected chi connectivity index (χ3v) is 1.12. The molecule has 0 aromatic carbocycles. The molecule has 0 aliphatic heterocycles. The second kappa shape index (κ2) is 3.51. The molecule has 13 heavy (non-hydrogen) atoms. The maximum atomic E-state index is 12.3. The van der Waals surface area contributed by atoms with Crippen LogP contribution in [-0.2, 0) is 0 Å². The summed E-state index contributed by atoms with van der Waals surface area (Å²) >= 11 is 0. The summed E-state index contributed by atoms with van der Waals surface area (Å²) in [4.78, 5) is 7.26. The predicted octanol–water partition coefficient (Wildman–Crippen LogP) is 1.09. The van der Waals surface area contributed by atoms with Gasteiger partial charge in [-0.2, -0.15) is 0 Å². The highest BCUT2D eigenvalue weighted by Crippen LogP contribution is 2.13. The monoisotopic (exact) mass is 189 g/mol. The molecule has 0 amide bonds. The van der Waals surface area contributed by atoms with Crippen LogP contribution in [0.25, 0.3) is 0 Å². The molecule has 6 heteroatoms. The van der Waals surface area contributed by atoms with Gasteiger partial charge in [-0.1, -0.05) is 0 Å². The van der Waals surface area contributed by atoms with Gasteiger partial charge in [0.2, 0.25) is 5.88 Å². The SMILES string of the molecule is CC(F)(F)COc1cnc(N)cn1. The van der Waals surface area contributed by atoms with Gasteiger partial charge in [0, 0.05) is 6.92 Å². The normalized spacial score (nSPS) is 11.3. The lowest BCUT2D eigenvalue weighted by Crippen LogP contribution is -2.21. The highest BCUT2D eigenvalue weighted by atomic mass is 19.3. The zero-order chi connectivity index (χ0) is 9.90. The molecule has 0 atom stereocenters. The van der Waals surface area contributed by atoms with E-state index in [4.69, 9.17) is 5.73 Å². The highest BCUT2D eigenvalue weighted by Gasteiger charge is 2.22. The van der Waals surface area contributed by atoms with Gasteiger partial charge in [-0.25, -0.2) is 18.7 Å². The van der Waals surface area contributed by atoms with Crippen molar-refractivity contribution in [3.05, 3.63) is 12.4 Å². The second-order valence-corrected chi connectivity index (χ2v) is 2.64. The first kappa shape index (κ1) is 9.63. The molecule has 1 rings (SSSR count). The molecule has 2 N–H and O–H groups in total. The van der Waals surface area contributed by atoms with E-state index in [0.29, 0.717) is 0 Å². The number of alkyl halides is 2. The largest absolute Gasteiger partial charge is 0.470 e. The van der Waals surface area contributed by atoms with Crippen LogP contribution in [0, 0.1) is 0 Å². The molecule has 1 aromatic heterocycles. The van der Waals surface area contributed by atoms with E-state index in [1.165, 1.54) is 12.4 Å². The summed E-state index contributed by atoms with van der Waals surface area (Å²) in [5, 5.41) is 0. The van der Waals surface area contributed by atoms with Crippen molar-refractivity contribution in [2.75, 3.05) is 12.3 Å². The van der Waals surface area contributed by atoms with Gasteiger partial charge >= 0.3 is 0 Å². The van der Waals surface area contributed by atoms with Crippen molar-refractivity contribution in [1.29, 1.82) is 0 Å². The number of nitrogens with two attached hydrogens (primary N) is 1. The summed E-state index contributed by atoms with van der Waals surface area (Å²) in [6.45, 7) is 0.0450. The molecule has 0 saturated heterocycles. The average molecular weight is 189 g/mol. The highest BCUT2D eigenvalue weighted by molar-refractivity contribution is 5.24. The number of ether oxygens (including phenoxy) is 1. The van der Waals surface area contributed by atoms with Crippen LogP contribution in [0.1, 0.15) is 6.92 Å². The lowest BCUT2D eigenvalue weighted by atomic mass is 10.4. The van der Waals surface area contributed by atoms with Crippen LogP contribution in [0.3, 0.4) is 0 Å². The van der Waals surface area contributed by atoms with Gasteiger partial charge in [0.25, 0.3) is 5.92 Å². The zero-order valence-corrected chi connectivity index (χ0v) is 7.00. The van der Waals surface area contributed by atoms with Crippen molar-refractivity contribution in [2.45, 2.75) is 12.8 Å². The topological polar surface area (TPSA) is 61.0 Å². The minimum atomic E-state index is -2.87. The van der Waals surface area contributed by atoms with Crippen molar-refractivity contribution >= 4 is 5.82 Å². The lowest BCUT2D eigenvalue weighted by Gasteiger charge is -2.10. The van der Waals surface area contributed by atoms with Gasteiger partial charge < -0.3 is 10.5 Å². The number of hydrogen-bond acceptors (Lipinski definition) is 4. The van der Waals surface area contributed by atoms with E-state index in [2.05, 4.69) is 14.7 Å². The molecule has 0 saturated carbocycles. The molecule has 0 aliphatic carbocycles. The van der Waals surface area contributed by atoms with Crippen LogP contribution >= 0.6 is 0 Å². The Labute approximate surface area is 73.8 Å². The average Bonchev–Trinajstić information content (AvgIpc) is 2.02. The molecule has 0 fully saturated rings. The molecule has 1 aromatic rings. The van der Waals surface area contributed by atoms with E-state index in [-0.39, 0.29) is 11.7 Å². The molecule has 0 radical (unpaired) electrons. The smallest absolute Gasteiger partial charge is 0.278 e. The van der Waals surface area contributed by atoms with Crippen LogP contribution in [0.5, 0.6) is 5.88 Å². The number of anilines is 1. The Bertz CT molecular complexity index is 270. The first-order valence-electron chi connectivity index (χ1n) is 3.55. The third-order valence-electron chi connectivity index (χ3n) is 1.12. The number of aromatic nitrogens is 2. The van der Waals surface area contributed by atoms with Crippen molar-refractivity contribution < 1.29 is 13.5 Å². The fraction of sp³-hybridized carbons (Fsp3) is 0.429. The Balaban J connectivity index is 2.51. The first-order valence-corrected chi connectivity index (χ1v) is 3.55. The summed E-state index contributed by atoms with van der Waals surface area (Å²) in [5.41, 5.74) is 5.23. The molecular formula is C7H9F2N3O. The van der Waals surface area contributed by atoms with Crippen molar-refractivity contribution in [3.63, 3.8) is 0 Å². The van der Waals surface area contributed by atoms with E-state index in [0.717, 1.165) is 6.92 Å². The van der Waals surface area contributed by atoms with Crippen LogP contribution < -0.4 is 10.5 Å². The molecule has 0 bridgehead atoms. The van der Waals surface area contributed by atoms with E-state index < -0.39 is 12.5 Å². The van der Waals surface area contributed by atoms with Gasteiger partial charge in [0.15, 0.2) is 6.61 Å². The Morgan fingerprint density at radius 3 is 2.62 bits per heavy atom. The molecule has 0 spiro atoms. The molecule has 72 valence electrons. The zero-order valence-electron chi connectivity index (χ0n) is 7.00. The van der Waals surface area contributed by atoms with E-state index >= 15 is 0 Å². The maximum Gasteiger partial charge on any atom is 0.278 e. The summed E-state index contributed by atoms with van der Waals surface area (Å²) < 4.78 is 29.2. The van der Waals surface area contributed by atoms with E-state index in [1.54, 1.807) is 0 Å². The summed E-state index contributed by atoms with van der Waals surface area (Å²) in [6, 6.07) is 0. The Hall–Kier alpha value is -1.46. The van der Waals surface area contributed by atoms with Crippen molar-refractivity contribution in [1.82, 2.24) is 9.97 Å². The predicted molar refractivity (Wildman–Crippen MR) is 42.6 cm³/mol. The maximum absolute atomic E-state index is 12.3. The Kier molecular flexibility index (Phi) is 2.60. The Morgan fingerprint density at radius 1 is 1.46 bits per heavy atom. The lowest BCUT2D eigenvalue weighted by molar-refractivity contribution is -0.0243. The molecule has 1 heterocycles. The van der Waals surface area contributed by atoms with Crippen LogP contribution in [0.2, 0.25) is 0 Å². The summed E-state index contributed by atoms with van der Waals surface area (Å²) in [5.74, 6) is -2.62. The summed E-state index contributed by atoms with van der Waals surface area (Å²) in [6.07, 6.45) is 2.43. The number of halogens is 2. The number of rotatable bonds is 3. The minimum Gasteiger partial charge on any atom is -0.470 e. The number of nitrogen functional groups attached to an aromatic ring is 1. The minimum absolute atomic E-state index is 0.0377. The standard InChI is InChI=1S/C7H9F2N3O/c1-7(8,9)4-13-6-3-11-5(10)2-12-6/h2-3H,4H2,1H3,(H2,10,11). The van der Waals surface area contributed by atoms with Gasteiger partial charge in [0.1, 0.15) is 5.82 Å². The Morgan fingerprint density at radius 2 is 2.15 bits per heavy atom. The number of hydrogen-bond donors (Lipinski definition) is 1. The molecule has 4 nitrogen and oxygen atoms in total. The van der Waals surface area contributed by atoms with Gasteiger partial charge in [-0.3, -0.25) is 0 Å². The van der Waals surface area contributed by atoms with Gasteiger partial charge in [0.05, 0.1) is 12.4 Å². The fourth-order valence-corrected chi connectivity index (χ4v) is 0.601. The van der Waals surface area contributed by atoms with Crippen LogP contribution in [0.4, 0.5) is 14.6 Å². The first-order chi connectivity index (χ1) is 5.97. The van der Waals surface area contributed by atoms with Gasteiger partial charge in [-0.05, 0) is 0 Å². The number of nitrogens with zero attached hydrogens (tertiary/aromatic N) is 2. The molecule has 0 unspecified atom stereocenters. The van der Waals surface area contributed by atoms with Crippen molar-refractivity contribution in [2.24, 2.45) is 0 Å². The van der Waals surface area contributed by atoms with E-state index in [1.807, 2.05) is 0 Å². The summed E-state index contributed by atoms with van der Waals surface area (Å²) in [7, 11) is 0. The second-order valence-electron chi connectivity index (χ2n) is 2.64. The van der Waals surface area contributed by atoms with Crippen LogP contribution in [-0.4, -0.2) is 22.5 Å². The molecular weight excluding hydrogens is 180 g/mol. The van der Waals surface area contributed by atoms with Crippen LogP contribution in [0.15, 0.2) is 12.4 Å². The van der Waals surface area contributed by atoms with Gasteiger partial charge in [-0.15, -0.1) is 0 Å². The third kappa shape index (κ3) is 3.64. The quantitative estimate of drug-likeness (QED) is 0.773. The molecule has 0 aliphatic rings. The van der Waals surface area contributed by atoms with E-state index in [9.17, 15) is 8.78 Å².